The monoisotopic (exact) mass is 374 g/mol. The van der Waals surface area contributed by atoms with Gasteiger partial charge in [0.15, 0.2) is 0 Å². The van der Waals surface area contributed by atoms with Crippen molar-refractivity contribution >= 4 is 10.8 Å². The number of fused-ring (bicyclic) bond motifs is 2. The number of hydrogen-bond donors (Lipinski definition) is 1. The molecule has 0 bridgehead atoms. The first kappa shape index (κ1) is 17.6. The summed E-state index contributed by atoms with van der Waals surface area (Å²) in [5.41, 5.74) is 3.26. The van der Waals surface area contributed by atoms with E-state index in [1.54, 1.807) is 0 Å². The Kier molecular flexibility index (Phi) is 4.69. The van der Waals surface area contributed by atoms with Crippen molar-refractivity contribution in [3.63, 3.8) is 0 Å². The molecule has 0 unspecified atom stereocenters. The van der Waals surface area contributed by atoms with Crippen molar-refractivity contribution in [2.45, 2.75) is 57.5 Å². The highest BCUT2D eigenvalue weighted by molar-refractivity contribution is 5.84. The van der Waals surface area contributed by atoms with E-state index in [4.69, 9.17) is 4.98 Å². The molecule has 0 amide bonds. The van der Waals surface area contributed by atoms with Crippen molar-refractivity contribution in [1.29, 1.82) is 0 Å². The fraction of sp³-hybridized carbons (Fsp3) is 0.435. The van der Waals surface area contributed by atoms with E-state index in [9.17, 15) is 4.79 Å². The van der Waals surface area contributed by atoms with Gasteiger partial charge < -0.3 is 4.98 Å². The minimum Gasteiger partial charge on any atom is -0.310 e. The van der Waals surface area contributed by atoms with Crippen molar-refractivity contribution in [2.24, 2.45) is 0 Å². The molecule has 5 rings (SSSR count). The molecule has 144 valence electrons. The molecule has 2 aromatic heterocycles. The number of nitrogens with zero attached hydrogens (tertiary/aromatic N) is 3. The first-order valence-electron chi connectivity index (χ1n) is 10.4. The molecule has 0 spiro atoms. The summed E-state index contributed by atoms with van der Waals surface area (Å²) in [6.45, 7) is 2.51. The van der Waals surface area contributed by atoms with Crippen molar-refractivity contribution < 1.29 is 0 Å². The molecule has 1 aliphatic carbocycles. The SMILES string of the molecule is O=c1[nH]c(C2CCCCC2)nc2c1CCN(Cc1cccc3cnccc13)C2. The van der Waals surface area contributed by atoms with E-state index in [2.05, 4.69) is 39.1 Å². The van der Waals surface area contributed by atoms with E-state index in [-0.39, 0.29) is 5.56 Å². The summed E-state index contributed by atoms with van der Waals surface area (Å²) in [6.07, 6.45) is 10.6. The number of pyridine rings is 1. The van der Waals surface area contributed by atoms with Gasteiger partial charge in [-0.25, -0.2) is 4.98 Å². The largest absolute Gasteiger partial charge is 0.310 e. The second kappa shape index (κ2) is 7.47. The first-order valence-corrected chi connectivity index (χ1v) is 10.4. The highest BCUT2D eigenvalue weighted by Crippen LogP contribution is 2.31. The fourth-order valence-electron chi connectivity index (χ4n) is 4.79. The molecule has 5 heteroatoms. The zero-order valence-corrected chi connectivity index (χ0v) is 16.2. The normalized spacial score (nSPS) is 18.3. The molecule has 0 atom stereocenters. The third-order valence-electron chi connectivity index (χ3n) is 6.33. The lowest BCUT2D eigenvalue weighted by Crippen LogP contribution is -2.35. The lowest BCUT2D eigenvalue weighted by Gasteiger charge is -2.29. The van der Waals surface area contributed by atoms with Gasteiger partial charge in [0.2, 0.25) is 0 Å². The summed E-state index contributed by atoms with van der Waals surface area (Å²) in [4.78, 5) is 27.3. The molecule has 1 fully saturated rings. The van der Waals surface area contributed by atoms with E-state index in [0.717, 1.165) is 56.0 Å². The van der Waals surface area contributed by atoms with Crippen molar-refractivity contribution in [2.75, 3.05) is 6.54 Å². The Hall–Kier alpha value is -2.53. The molecule has 2 aliphatic rings. The van der Waals surface area contributed by atoms with Gasteiger partial charge in [-0.05, 0) is 36.3 Å². The summed E-state index contributed by atoms with van der Waals surface area (Å²) in [7, 11) is 0. The number of rotatable bonds is 3. The predicted octanol–water partition coefficient (Wildman–Crippen LogP) is 3.92. The van der Waals surface area contributed by atoms with Gasteiger partial charge in [0, 0.05) is 48.9 Å². The van der Waals surface area contributed by atoms with Crippen LogP contribution in [0.25, 0.3) is 10.8 Å². The van der Waals surface area contributed by atoms with Crippen LogP contribution < -0.4 is 5.56 Å². The average Bonchev–Trinajstić information content (AvgIpc) is 2.74. The topological polar surface area (TPSA) is 61.9 Å². The van der Waals surface area contributed by atoms with Gasteiger partial charge in [0.25, 0.3) is 5.56 Å². The number of benzene rings is 1. The van der Waals surface area contributed by atoms with E-state index in [1.165, 1.54) is 35.6 Å². The van der Waals surface area contributed by atoms with Gasteiger partial charge >= 0.3 is 0 Å². The smallest absolute Gasteiger partial charge is 0.254 e. The van der Waals surface area contributed by atoms with Crippen LogP contribution in [0.5, 0.6) is 0 Å². The number of hydrogen-bond acceptors (Lipinski definition) is 4. The average molecular weight is 374 g/mol. The number of aromatic amines is 1. The molecule has 1 aromatic carbocycles. The minimum absolute atomic E-state index is 0.0847. The van der Waals surface area contributed by atoms with Crippen molar-refractivity contribution in [3.8, 4) is 0 Å². The van der Waals surface area contributed by atoms with Crippen LogP contribution in [0, 0.1) is 0 Å². The van der Waals surface area contributed by atoms with Gasteiger partial charge in [-0.1, -0.05) is 37.5 Å². The van der Waals surface area contributed by atoms with E-state index < -0.39 is 0 Å². The lowest BCUT2D eigenvalue weighted by molar-refractivity contribution is 0.240. The fourth-order valence-corrected chi connectivity index (χ4v) is 4.79. The molecule has 3 aromatic rings. The summed E-state index contributed by atoms with van der Waals surface area (Å²) >= 11 is 0. The second-order valence-corrected chi connectivity index (χ2v) is 8.19. The molecule has 0 radical (unpaired) electrons. The number of nitrogens with one attached hydrogen (secondary N) is 1. The second-order valence-electron chi connectivity index (χ2n) is 8.19. The van der Waals surface area contributed by atoms with Crippen LogP contribution >= 0.6 is 0 Å². The molecule has 28 heavy (non-hydrogen) atoms. The third-order valence-corrected chi connectivity index (χ3v) is 6.33. The number of aromatic nitrogens is 3. The molecule has 1 N–H and O–H groups in total. The molecular formula is C23H26N4O. The Labute approximate surface area is 164 Å². The number of H-pyrrole nitrogens is 1. The Balaban J connectivity index is 1.41. The van der Waals surface area contributed by atoms with Gasteiger partial charge in [-0.2, -0.15) is 0 Å². The maximum Gasteiger partial charge on any atom is 0.254 e. The zero-order valence-electron chi connectivity index (χ0n) is 16.2. The molecular weight excluding hydrogens is 348 g/mol. The Bertz CT molecular complexity index is 1050. The van der Waals surface area contributed by atoms with Crippen LogP contribution in [-0.4, -0.2) is 26.4 Å². The van der Waals surface area contributed by atoms with Crippen molar-refractivity contribution in [3.05, 3.63) is 69.7 Å². The summed E-state index contributed by atoms with van der Waals surface area (Å²) in [6, 6.07) is 8.49. The predicted molar refractivity (Wildman–Crippen MR) is 110 cm³/mol. The highest BCUT2D eigenvalue weighted by atomic mass is 16.1. The van der Waals surface area contributed by atoms with Crippen LogP contribution in [0.15, 0.2) is 41.5 Å². The molecule has 5 nitrogen and oxygen atoms in total. The lowest BCUT2D eigenvalue weighted by atomic mass is 9.88. The van der Waals surface area contributed by atoms with Crippen LogP contribution in [0.2, 0.25) is 0 Å². The Morgan fingerprint density at radius 3 is 2.93 bits per heavy atom. The van der Waals surface area contributed by atoms with Crippen LogP contribution in [-0.2, 0) is 19.5 Å². The Morgan fingerprint density at radius 2 is 2.04 bits per heavy atom. The molecule has 0 saturated heterocycles. The highest BCUT2D eigenvalue weighted by Gasteiger charge is 2.24. The van der Waals surface area contributed by atoms with Crippen LogP contribution in [0.1, 0.15) is 60.7 Å². The standard InChI is InChI=1S/C23H26N4O/c28-23-20-10-12-27(14-18-8-4-7-17-13-24-11-9-19(17)18)15-21(20)25-22(26-23)16-5-2-1-3-6-16/h4,7-9,11,13,16H,1-3,5-6,10,12,14-15H2,(H,25,26,28). The Morgan fingerprint density at radius 1 is 1.14 bits per heavy atom. The summed E-state index contributed by atoms with van der Waals surface area (Å²) in [5, 5.41) is 2.43. The third kappa shape index (κ3) is 3.35. The zero-order chi connectivity index (χ0) is 18.9. The van der Waals surface area contributed by atoms with Crippen LogP contribution in [0.3, 0.4) is 0 Å². The van der Waals surface area contributed by atoms with Crippen LogP contribution in [0.4, 0.5) is 0 Å². The van der Waals surface area contributed by atoms with E-state index in [0.29, 0.717) is 5.92 Å². The molecule has 1 aliphatic heterocycles. The first-order chi connectivity index (χ1) is 13.8. The summed E-state index contributed by atoms with van der Waals surface area (Å²) in [5.74, 6) is 1.34. The maximum atomic E-state index is 12.6. The minimum atomic E-state index is 0.0847. The van der Waals surface area contributed by atoms with Crippen molar-refractivity contribution in [1.82, 2.24) is 19.9 Å². The molecule has 3 heterocycles. The summed E-state index contributed by atoms with van der Waals surface area (Å²) < 4.78 is 0. The maximum absolute atomic E-state index is 12.6. The van der Waals surface area contributed by atoms with E-state index >= 15 is 0 Å². The van der Waals surface area contributed by atoms with Gasteiger partial charge in [-0.3, -0.25) is 14.7 Å². The van der Waals surface area contributed by atoms with Gasteiger partial charge in [0.05, 0.1) is 5.69 Å². The quantitative estimate of drug-likeness (QED) is 0.755. The molecule has 1 saturated carbocycles. The van der Waals surface area contributed by atoms with E-state index in [1.807, 2.05) is 12.4 Å². The van der Waals surface area contributed by atoms with Gasteiger partial charge in [0.1, 0.15) is 5.82 Å². The van der Waals surface area contributed by atoms with Gasteiger partial charge in [-0.15, -0.1) is 0 Å².